The average Bonchev–Trinajstić information content (AvgIpc) is 2.56. The normalized spacial score (nSPS) is 11.2. The molecule has 0 bridgehead atoms. The quantitative estimate of drug-likeness (QED) is 0.635. The van der Waals surface area contributed by atoms with Gasteiger partial charge in [0, 0.05) is 11.4 Å². The molecule has 0 nitrogen and oxygen atoms in total. The lowest BCUT2D eigenvalue weighted by Crippen LogP contribution is -2.17. The van der Waals surface area contributed by atoms with Crippen LogP contribution >= 0.6 is 6.04 Å². The van der Waals surface area contributed by atoms with E-state index in [-0.39, 0.29) is 5.31 Å². The summed E-state index contributed by atoms with van der Waals surface area (Å²) in [5.41, 5.74) is 0. The van der Waals surface area contributed by atoms with E-state index < -0.39 is 12.1 Å². The lowest BCUT2D eigenvalue weighted by Gasteiger charge is -2.26. The van der Waals surface area contributed by atoms with Gasteiger partial charge < -0.3 is 0 Å². The predicted octanol–water partition coefficient (Wildman–Crippen LogP) is 5.42. The molecule has 0 saturated carbocycles. The smallest absolute Gasteiger partial charge is 0.173 e. The lowest BCUT2D eigenvalue weighted by atomic mass is 10.2. The number of benzene rings is 2. The monoisotopic (exact) mass is 336 g/mol. The van der Waals surface area contributed by atoms with Gasteiger partial charge in [0.25, 0.3) is 6.08 Å². The molecular formula is C18H19F2PS. The molecule has 0 aromatic heterocycles. The average molecular weight is 336 g/mol. The second-order valence-corrected chi connectivity index (χ2v) is 9.53. The first-order chi connectivity index (χ1) is 10.6. The summed E-state index contributed by atoms with van der Waals surface area (Å²) >= 11 is 5.92. The van der Waals surface area contributed by atoms with Gasteiger partial charge in [0.2, 0.25) is 0 Å². The minimum absolute atomic E-state index is 0.154. The third-order valence-electron chi connectivity index (χ3n) is 3.60. The summed E-state index contributed by atoms with van der Waals surface area (Å²) in [7, 11) is 0. The second kappa shape index (κ2) is 7.80. The number of hydrogen-bond acceptors (Lipinski definition) is 1. The Morgan fingerprint density at radius 2 is 1.36 bits per heavy atom. The molecule has 0 heterocycles. The fourth-order valence-corrected chi connectivity index (χ4v) is 6.48. The zero-order chi connectivity index (χ0) is 16.0. The first-order valence-corrected chi connectivity index (χ1v) is 10.2. The molecular weight excluding hydrogens is 317 g/mol. The second-order valence-electron chi connectivity index (χ2n) is 5.09. The summed E-state index contributed by atoms with van der Waals surface area (Å²) in [5, 5.41) is 1.81. The van der Waals surface area contributed by atoms with Crippen molar-refractivity contribution in [1.29, 1.82) is 0 Å². The maximum absolute atomic E-state index is 13.7. The van der Waals surface area contributed by atoms with Crippen molar-refractivity contribution in [2.24, 2.45) is 0 Å². The summed E-state index contributed by atoms with van der Waals surface area (Å²) in [6.45, 7) is 2.00. The van der Waals surface area contributed by atoms with Crippen LogP contribution < -0.4 is 10.6 Å². The van der Waals surface area contributed by atoms with E-state index in [0.717, 1.165) is 23.5 Å². The number of unbranched alkanes of at least 4 members (excludes halogenated alkanes) is 1. The summed E-state index contributed by atoms with van der Waals surface area (Å²) in [6, 6.07) is 16.1. The van der Waals surface area contributed by atoms with Crippen molar-refractivity contribution >= 4 is 28.5 Å². The summed E-state index contributed by atoms with van der Waals surface area (Å²) in [4.78, 5) is 0. The fraction of sp³-hybridized carbons (Fsp3) is 0.222. The zero-order valence-electron chi connectivity index (χ0n) is 12.5. The van der Waals surface area contributed by atoms with Crippen molar-refractivity contribution in [3.63, 3.8) is 0 Å². The number of halogens is 2. The minimum atomic E-state index is -2.66. The Balaban J connectivity index is 2.66. The largest absolute Gasteiger partial charge is 0.275 e. The van der Waals surface area contributed by atoms with Crippen molar-refractivity contribution in [1.82, 2.24) is 0 Å². The first-order valence-electron chi connectivity index (χ1n) is 7.36. The third-order valence-corrected chi connectivity index (χ3v) is 8.73. The van der Waals surface area contributed by atoms with Crippen LogP contribution in [0.15, 0.2) is 72.1 Å². The standard InChI is InChI=1S/C18H19F2PS/c1-2-3-14-17(18(19)20)21(22,15-10-6-4-7-11-15)16-12-8-5-9-13-16/h4-13H,2-3,14H2,1H3. The molecule has 4 heteroatoms. The van der Waals surface area contributed by atoms with Gasteiger partial charge in [0.05, 0.1) is 0 Å². The maximum atomic E-state index is 13.7. The lowest BCUT2D eigenvalue weighted by molar-refractivity contribution is 0.413. The van der Waals surface area contributed by atoms with E-state index >= 15 is 0 Å². The van der Waals surface area contributed by atoms with Crippen LogP contribution in [0.1, 0.15) is 26.2 Å². The minimum Gasteiger partial charge on any atom is -0.173 e. The van der Waals surface area contributed by atoms with Gasteiger partial charge in [-0.2, -0.15) is 8.78 Å². The van der Waals surface area contributed by atoms with Crippen molar-refractivity contribution in [3.05, 3.63) is 72.1 Å². The molecule has 2 aromatic carbocycles. The molecule has 0 aliphatic carbocycles. The Morgan fingerprint density at radius 3 is 1.73 bits per heavy atom. The van der Waals surface area contributed by atoms with Crippen LogP contribution in [0.2, 0.25) is 0 Å². The van der Waals surface area contributed by atoms with Crippen LogP contribution in [0, 0.1) is 0 Å². The molecule has 0 amide bonds. The van der Waals surface area contributed by atoms with Crippen molar-refractivity contribution in [2.45, 2.75) is 26.2 Å². The van der Waals surface area contributed by atoms with E-state index in [9.17, 15) is 8.78 Å². The molecule has 0 N–H and O–H groups in total. The van der Waals surface area contributed by atoms with Gasteiger partial charge in [-0.1, -0.05) is 85.8 Å². The molecule has 0 spiro atoms. The van der Waals surface area contributed by atoms with Crippen molar-refractivity contribution < 1.29 is 8.78 Å². The molecule has 0 aliphatic rings. The van der Waals surface area contributed by atoms with E-state index in [1.54, 1.807) is 0 Å². The highest BCUT2D eigenvalue weighted by Crippen LogP contribution is 2.55. The fourth-order valence-electron chi connectivity index (χ4n) is 2.45. The highest BCUT2D eigenvalue weighted by atomic mass is 32.4. The summed E-state index contributed by atoms with van der Waals surface area (Å²) in [5.74, 6) is 0. The Hall–Kier alpha value is -1.31. The van der Waals surface area contributed by atoms with Gasteiger partial charge in [0.15, 0.2) is 0 Å². The van der Waals surface area contributed by atoms with Crippen molar-refractivity contribution in [2.75, 3.05) is 0 Å². The molecule has 0 saturated heterocycles. The van der Waals surface area contributed by atoms with Crippen LogP contribution in [0.4, 0.5) is 8.78 Å². The maximum Gasteiger partial charge on any atom is 0.275 e. The van der Waals surface area contributed by atoms with Crippen LogP contribution in [0.25, 0.3) is 0 Å². The van der Waals surface area contributed by atoms with E-state index in [1.165, 1.54) is 0 Å². The molecule has 22 heavy (non-hydrogen) atoms. The summed E-state index contributed by atoms with van der Waals surface area (Å²) in [6.07, 6.45) is 0.352. The van der Waals surface area contributed by atoms with Crippen LogP contribution in [0.5, 0.6) is 0 Å². The van der Waals surface area contributed by atoms with E-state index in [4.69, 9.17) is 11.8 Å². The Morgan fingerprint density at radius 1 is 0.909 bits per heavy atom. The number of hydrogen-bond donors (Lipinski definition) is 0. The molecule has 116 valence electrons. The van der Waals surface area contributed by atoms with Crippen LogP contribution in [-0.2, 0) is 11.8 Å². The molecule has 0 unspecified atom stereocenters. The van der Waals surface area contributed by atoms with Crippen molar-refractivity contribution in [3.8, 4) is 0 Å². The molecule has 0 fully saturated rings. The van der Waals surface area contributed by atoms with Crippen LogP contribution in [0.3, 0.4) is 0 Å². The van der Waals surface area contributed by atoms with E-state index in [2.05, 4.69) is 0 Å². The number of allylic oxidation sites excluding steroid dienone is 1. The molecule has 0 aliphatic heterocycles. The van der Waals surface area contributed by atoms with Gasteiger partial charge in [-0.05, 0) is 23.5 Å². The third kappa shape index (κ3) is 3.53. The van der Waals surface area contributed by atoms with E-state index in [1.807, 2.05) is 67.6 Å². The highest BCUT2D eigenvalue weighted by Gasteiger charge is 2.29. The molecule has 0 radical (unpaired) electrons. The highest BCUT2D eigenvalue weighted by molar-refractivity contribution is 8.23. The van der Waals surface area contributed by atoms with E-state index in [0.29, 0.717) is 6.42 Å². The number of rotatable bonds is 6. The molecule has 2 rings (SSSR count). The molecule has 2 aromatic rings. The van der Waals surface area contributed by atoms with Gasteiger partial charge in [-0.25, -0.2) is 0 Å². The van der Waals surface area contributed by atoms with Gasteiger partial charge in [0.1, 0.15) is 0 Å². The first kappa shape index (κ1) is 17.1. The predicted molar refractivity (Wildman–Crippen MR) is 95.2 cm³/mol. The van der Waals surface area contributed by atoms with Gasteiger partial charge in [-0.15, -0.1) is 0 Å². The SMILES string of the molecule is CCCCC(=C(F)F)P(=S)(c1ccccc1)c1ccccc1. The van der Waals surface area contributed by atoms with Gasteiger partial charge in [-0.3, -0.25) is 0 Å². The zero-order valence-corrected chi connectivity index (χ0v) is 14.2. The Labute approximate surface area is 135 Å². The topological polar surface area (TPSA) is 0 Å². The van der Waals surface area contributed by atoms with Crippen LogP contribution in [-0.4, -0.2) is 0 Å². The van der Waals surface area contributed by atoms with Gasteiger partial charge >= 0.3 is 0 Å². The Bertz CT molecular complexity index is 633. The Kier molecular flexibility index (Phi) is 6.05. The molecule has 0 atom stereocenters. The summed E-state index contributed by atoms with van der Waals surface area (Å²) < 4.78 is 27.5.